The van der Waals surface area contributed by atoms with Gasteiger partial charge in [0.05, 0.1) is 11.3 Å². The lowest BCUT2D eigenvalue weighted by Crippen LogP contribution is -2.07. The molecular weight excluding hydrogens is 277 g/mol. The molecule has 0 bridgehead atoms. The van der Waals surface area contributed by atoms with Crippen molar-refractivity contribution in [2.45, 2.75) is 12.7 Å². The SMILES string of the molecule is FC(F)(F)c1cccc(CNc2cccnc2Cl)c1. The summed E-state index contributed by atoms with van der Waals surface area (Å²) in [6.07, 6.45) is -2.79. The van der Waals surface area contributed by atoms with E-state index in [0.29, 0.717) is 11.3 Å². The van der Waals surface area contributed by atoms with Gasteiger partial charge >= 0.3 is 6.18 Å². The lowest BCUT2D eigenvalue weighted by Gasteiger charge is -2.10. The Balaban J connectivity index is 2.10. The van der Waals surface area contributed by atoms with E-state index < -0.39 is 11.7 Å². The molecule has 2 aromatic rings. The third-order valence-corrected chi connectivity index (χ3v) is 2.80. The van der Waals surface area contributed by atoms with Crippen molar-refractivity contribution in [3.8, 4) is 0 Å². The summed E-state index contributed by atoms with van der Waals surface area (Å²) in [6, 6.07) is 8.55. The average Bonchev–Trinajstić information content (AvgIpc) is 2.37. The van der Waals surface area contributed by atoms with Crippen LogP contribution in [0.25, 0.3) is 0 Å². The number of aromatic nitrogens is 1. The lowest BCUT2D eigenvalue weighted by atomic mass is 10.1. The van der Waals surface area contributed by atoms with Crippen LogP contribution >= 0.6 is 11.6 Å². The number of anilines is 1. The van der Waals surface area contributed by atoms with Crippen LogP contribution in [0.3, 0.4) is 0 Å². The summed E-state index contributed by atoms with van der Waals surface area (Å²) in [4.78, 5) is 3.87. The minimum Gasteiger partial charge on any atom is -0.378 e. The molecule has 0 aliphatic carbocycles. The standard InChI is InChI=1S/C13H10ClF3N2/c14-12-11(5-2-6-18-12)19-8-9-3-1-4-10(7-9)13(15,16)17/h1-7,19H,8H2. The summed E-state index contributed by atoms with van der Waals surface area (Å²) in [6.45, 7) is 0.245. The van der Waals surface area contributed by atoms with Gasteiger partial charge in [-0.05, 0) is 29.8 Å². The minimum absolute atomic E-state index is 0.245. The molecule has 6 heteroatoms. The van der Waals surface area contributed by atoms with Crippen LogP contribution in [0.15, 0.2) is 42.6 Å². The van der Waals surface area contributed by atoms with Crippen LogP contribution in [0.5, 0.6) is 0 Å². The molecule has 0 saturated carbocycles. The Hall–Kier alpha value is -1.75. The van der Waals surface area contributed by atoms with E-state index in [1.807, 2.05) is 0 Å². The molecule has 2 rings (SSSR count). The van der Waals surface area contributed by atoms with E-state index in [0.717, 1.165) is 12.1 Å². The van der Waals surface area contributed by atoms with E-state index in [9.17, 15) is 13.2 Å². The summed E-state index contributed by atoms with van der Waals surface area (Å²) in [5, 5.41) is 3.23. The summed E-state index contributed by atoms with van der Waals surface area (Å²) in [5.41, 5.74) is 0.445. The Morgan fingerprint density at radius 1 is 1.16 bits per heavy atom. The van der Waals surface area contributed by atoms with Crippen LogP contribution in [0.4, 0.5) is 18.9 Å². The molecule has 19 heavy (non-hydrogen) atoms. The highest BCUT2D eigenvalue weighted by atomic mass is 35.5. The third-order valence-electron chi connectivity index (χ3n) is 2.50. The normalized spacial score (nSPS) is 11.4. The van der Waals surface area contributed by atoms with Gasteiger partial charge in [0, 0.05) is 12.7 Å². The summed E-state index contributed by atoms with van der Waals surface area (Å²) in [7, 11) is 0. The first-order valence-corrected chi connectivity index (χ1v) is 5.85. The quantitative estimate of drug-likeness (QED) is 0.848. The van der Waals surface area contributed by atoms with Crippen LogP contribution in [-0.4, -0.2) is 4.98 Å². The predicted molar refractivity (Wildman–Crippen MR) is 68.0 cm³/mol. The van der Waals surface area contributed by atoms with Gasteiger partial charge in [0.15, 0.2) is 5.15 Å². The molecule has 100 valence electrons. The van der Waals surface area contributed by atoms with Crippen molar-refractivity contribution in [3.05, 3.63) is 58.9 Å². The van der Waals surface area contributed by atoms with Gasteiger partial charge in [-0.2, -0.15) is 13.2 Å². The second-order valence-corrected chi connectivity index (χ2v) is 4.25. The Morgan fingerprint density at radius 2 is 1.95 bits per heavy atom. The van der Waals surface area contributed by atoms with E-state index in [1.54, 1.807) is 18.2 Å². The van der Waals surface area contributed by atoms with Crippen molar-refractivity contribution in [2.24, 2.45) is 0 Å². The van der Waals surface area contributed by atoms with Gasteiger partial charge < -0.3 is 5.32 Å². The fourth-order valence-corrected chi connectivity index (χ4v) is 1.76. The second-order valence-electron chi connectivity index (χ2n) is 3.89. The van der Waals surface area contributed by atoms with Crippen molar-refractivity contribution in [2.75, 3.05) is 5.32 Å². The topological polar surface area (TPSA) is 24.9 Å². The van der Waals surface area contributed by atoms with Crippen molar-refractivity contribution >= 4 is 17.3 Å². The second kappa shape index (κ2) is 5.48. The van der Waals surface area contributed by atoms with Crippen LogP contribution in [0.1, 0.15) is 11.1 Å². The first-order chi connectivity index (χ1) is 8.97. The molecule has 1 aromatic carbocycles. The molecule has 0 fully saturated rings. The Labute approximate surface area is 113 Å². The number of alkyl halides is 3. The van der Waals surface area contributed by atoms with E-state index in [4.69, 9.17) is 11.6 Å². The number of halogens is 4. The van der Waals surface area contributed by atoms with Crippen LogP contribution in [-0.2, 0) is 12.7 Å². The average molecular weight is 287 g/mol. The van der Waals surface area contributed by atoms with E-state index in [-0.39, 0.29) is 11.7 Å². The zero-order valence-electron chi connectivity index (χ0n) is 9.71. The van der Waals surface area contributed by atoms with Crippen molar-refractivity contribution < 1.29 is 13.2 Å². The highest BCUT2D eigenvalue weighted by Crippen LogP contribution is 2.29. The number of benzene rings is 1. The largest absolute Gasteiger partial charge is 0.416 e. The Morgan fingerprint density at radius 3 is 2.63 bits per heavy atom. The van der Waals surface area contributed by atoms with Crippen LogP contribution in [0, 0.1) is 0 Å². The molecule has 2 nitrogen and oxygen atoms in total. The maximum absolute atomic E-state index is 12.5. The number of nitrogens with zero attached hydrogens (tertiary/aromatic N) is 1. The maximum atomic E-state index is 12.5. The first-order valence-electron chi connectivity index (χ1n) is 5.47. The fraction of sp³-hybridized carbons (Fsp3) is 0.154. The first kappa shape index (κ1) is 13.7. The number of hydrogen-bond acceptors (Lipinski definition) is 2. The monoisotopic (exact) mass is 286 g/mol. The number of rotatable bonds is 3. The van der Waals surface area contributed by atoms with Crippen LogP contribution in [0.2, 0.25) is 5.15 Å². The summed E-state index contributed by atoms with van der Waals surface area (Å²) < 4.78 is 37.6. The third kappa shape index (κ3) is 3.61. The molecule has 0 atom stereocenters. The summed E-state index contributed by atoms with van der Waals surface area (Å²) >= 11 is 5.84. The number of hydrogen-bond donors (Lipinski definition) is 1. The van der Waals surface area contributed by atoms with Crippen molar-refractivity contribution in [1.29, 1.82) is 0 Å². The van der Waals surface area contributed by atoms with Gasteiger partial charge in [0.1, 0.15) is 0 Å². The molecule has 1 aromatic heterocycles. The molecule has 0 aliphatic rings. The minimum atomic E-state index is -4.33. The van der Waals surface area contributed by atoms with Gasteiger partial charge in [-0.1, -0.05) is 23.7 Å². The molecule has 1 N–H and O–H groups in total. The molecule has 0 radical (unpaired) electrons. The van der Waals surface area contributed by atoms with Crippen molar-refractivity contribution in [1.82, 2.24) is 4.98 Å². The van der Waals surface area contributed by atoms with Crippen LogP contribution < -0.4 is 5.32 Å². The van der Waals surface area contributed by atoms with E-state index >= 15 is 0 Å². The number of pyridine rings is 1. The molecule has 0 spiro atoms. The Kier molecular flexibility index (Phi) is 3.95. The smallest absolute Gasteiger partial charge is 0.378 e. The van der Waals surface area contributed by atoms with Crippen molar-refractivity contribution in [3.63, 3.8) is 0 Å². The predicted octanol–water partition coefficient (Wildman–Crippen LogP) is 4.37. The highest BCUT2D eigenvalue weighted by Gasteiger charge is 2.30. The van der Waals surface area contributed by atoms with E-state index in [1.165, 1.54) is 12.3 Å². The zero-order chi connectivity index (χ0) is 13.9. The maximum Gasteiger partial charge on any atom is 0.416 e. The van der Waals surface area contributed by atoms with Gasteiger partial charge in [-0.3, -0.25) is 0 Å². The fourth-order valence-electron chi connectivity index (χ4n) is 1.57. The highest BCUT2D eigenvalue weighted by molar-refractivity contribution is 6.31. The van der Waals surface area contributed by atoms with Gasteiger partial charge in [0.2, 0.25) is 0 Å². The van der Waals surface area contributed by atoms with Gasteiger partial charge in [-0.25, -0.2) is 4.98 Å². The molecule has 0 aliphatic heterocycles. The number of nitrogens with one attached hydrogen (secondary N) is 1. The van der Waals surface area contributed by atoms with Gasteiger partial charge in [0.25, 0.3) is 0 Å². The molecule has 0 amide bonds. The van der Waals surface area contributed by atoms with E-state index in [2.05, 4.69) is 10.3 Å². The zero-order valence-corrected chi connectivity index (χ0v) is 10.5. The summed E-state index contributed by atoms with van der Waals surface area (Å²) in [5.74, 6) is 0. The molecule has 1 heterocycles. The lowest BCUT2D eigenvalue weighted by molar-refractivity contribution is -0.137. The van der Waals surface area contributed by atoms with Gasteiger partial charge in [-0.15, -0.1) is 0 Å². The Bertz CT molecular complexity index is 570. The molecular formula is C13H10ClF3N2. The molecule has 0 saturated heterocycles. The molecule has 0 unspecified atom stereocenters.